The Labute approximate surface area is 143 Å². The molecule has 0 aliphatic carbocycles. The molecule has 10 nitrogen and oxygen atoms in total. The lowest BCUT2D eigenvalue weighted by molar-refractivity contribution is -0.116. The zero-order valence-corrected chi connectivity index (χ0v) is 14.0. The van der Waals surface area contributed by atoms with Crippen molar-refractivity contribution in [1.29, 1.82) is 0 Å². The Bertz CT molecular complexity index is 875. The molecule has 0 saturated heterocycles. The van der Waals surface area contributed by atoms with Crippen molar-refractivity contribution >= 4 is 34.0 Å². The van der Waals surface area contributed by atoms with Gasteiger partial charge in [0.2, 0.25) is 5.96 Å². The first-order valence-corrected chi connectivity index (χ1v) is 8.78. The number of guanidine groups is 1. The van der Waals surface area contributed by atoms with Gasteiger partial charge in [0.15, 0.2) is 0 Å². The summed E-state index contributed by atoms with van der Waals surface area (Å²) in [5, 5.41) is 5.29. The number of carbonyl (C=O) groups excluding carboxylic acids is 2. The minimum absolute atomic E-state index is 0.132. The van der Waals surface area contributed by atoms with Crippen LogP contribution in [0, 0.1) is 0 Å². The normalized spacial score (nSPS) is 14.4. The lowest BCUT2D eigenvalue weighted by Gasteiger charge is -2.09. The average Bonchev–Trinajstić information content (AvgIpc) is 2.74. The molecule has 2 rings (SSSR count). The maximum atomic E-state index is 12.2. The number of rotatable bonds is 4. The Morgan fingerprint density at radius 1 is 1.32 bits per heavy atom. The van der Waals surface area contributed by atoms with Crippen LogP contribution in [0.5, 0.6) is 5.75 Å². The van der Waals surface area contributed by atoms with E-state index in [2.05, 4.69) is 14.8 Å². The van der Waals surface area contributed by atoms with E-state index >= 15 is 0 Å². The van der Waals surface area contributed by atoms with Crippen molar-refractivity contribution in [3.05, 3.63) is 34.9 Å². The fourth-order valence-corrected chi connectivity index (χ4v) is 2.27. The predicted molar refractivity (Wildman–Crippen MR) is 88.7 cm³/mol. The number of oxime groups is 1. The smallest absolute Gasteiger partial charge is 0.325 e. The number of nitrogens with zero attached hydrogens (tertiary/aromatic N) is 1. The molecule has 134 valence electrons. The van der Waals surface area contributed by atoms with Crippen LogP contribution in [0.2, 0.25) is 0 Å². The quantitative estimate of drug-likeness (QED) is 0.358. The monoisotopic (exact) mass is 368 g/mol. The topological polar surface area (TPSA) is 163 Å². The highest BCUT2D eigenvalue weighted by atomic mass is 32.2. The van der Waals surface area contributed by atoms with Crippen LogP contribution in [-0.2, 0) is 19.2 Å². The van der Waals surface area contributed by atoms with Gasteiger partial charge in [-0.1, -0.05) is 12.1 Å². The van der Waals surface area contributed by atoms with Crippen molar-refractivity contribution in [2.45, 2.75) is 6.42 Å². The van der Waals surface area contributed by atoms with Crippen molar-refractivity contribution in [2.24, 2.45) is 16.6 Å². The minimum Gasteiger partial charge on any atom is -0.492 e. The first-order valence-electron chi connectivity index (χ1n) is 6.97. The molecule has 1 aliphatic rings. The second kappa shape index (κ2) is 7.21. The van der Waals surface area contributed by atoms with Gasteiger partial charge < -0.3 is 16.2 Å². The summed E-state index contributed by atoms with van der Waals surface area (Å²) in [6, 6.07) is 4.78. The molecule has 11 heteroatoms. The highest BCUT2D eigenvalue weighted by molar-refractivity contribution is 7.85. The minimum atomic E-state index is -3.84. The van der Waals surface area contributed by atoms with Gasteiger partial charge in [-0.3, -0.25) is 19.2 Å². The van der Waals surface area contributed by atoms with Crippen molar-refractivity contribution < 1.29 is 27.0 Å². The van der Waals surface area contributed by atoms with Crippen LogP contribution in [0.3, 0.4) is 0 Å². The summed E-state index contributed by atoms with van der Waals surface area (Å²) in [5.41, 5.74) is 11.7. The van der Waals surface area contributed by atoms with Gasteiger partial charge in [-0.2, -0.15) is 8.42 Å². The van der Waals surface area contributed by atoms with Crippen LogP contribution in [-0.4, -0.2) is 39.1 Å². The van der Waals surface area contributed by atoms with E-state index in [0.29, 0.717) is 11.3 Å². The van der Waals surface area contributed by atoms with E-state index in [4.69, 9.17) is 16.2 Å². The number of nitrogens with one attached hydrogen (secondary N) is 1. The van der Waals surface area contributed by atoms with Crippen LogP contribution in [0.4, 0.5) is 0 Å². The fourth-order valence-electron chi connectivity index (χ4n) is 2.05. The maximum absolute atomic E-state index is 12.2. The van der Waals surface area contributed by atoms with Crippen LogP contribution in [0.15, 0.2) is 28.9 Å². The number of carbonyl (C=O) groups is 2. The molecule has 0 unspecified atom stereocenters. The Morgan fingerprint density at radius 2 is 2.04 bits per heavy atom. The number of nitrogens with two attached hydrogens (primary N) is 2. The van der Waals surface area contributed by atoms with Crippen LogP contribution in [0.25, 0.3) is 6.08 Å². The first-order chi connectivity index (χ1) is 11.7. The van der Waals surface area contributed by atoms with Crippen LogP contribution < -0.4 is 21.5 Å². The lowest BCUT2D eigenvalue weighted by Crippen LogP contribution is -2.38. The fraction of sp³-hybridized carbons (Fsp3) is 0.214. The molecule has 0 bridgehead atoms. The van der Waals surface area contributed by atoms with E-state index in [9.17, 15) is 18.0 Å². The highest BCUT2D eigenvalue weighted by Crippen LogP contribution is 2.29. The van der Waals surface area contributed by atoms with Crippen molar-refractivity contribution in [1.82, 2.24) is 5.32 Å². The number of para-hydroxylation sites is 1. The van der Waals surface area contributed by atoms with Crippen molar-refractivity contribution in [3.8, 4) is 5.75 Å². The van der Waals surface area contributed by atoms with Gasteiger partial charge in [0.25, 0.3) is 11.8 Å². The van der Waals surface area contributed by atoms with Gasteiger partial charge in [-0.05, 0) is 17.3 Å². The molecule has 25 heavy (non-hydrogen) atoms. The third kappa shape index (κ3) is 4.94. The van der Waals surface area contributed by atoms with E-state index in [-0.39, 0.29) is 24.2 Å². The van der Waals surface area contributed by atoms with Gasteiger partial charge in [0, 0.05) is 17.6 Å². The van der Waals surface area contributed by atoms with Crippen LogP contribution >= 0.6 is 0 Å². The molecule has 0 fully saturated rings. The first kappa shape index (κ1) is 18.3. The summed E-state index contributed by atoms with van der Waals surface area (Å²) in [6.07, 6.45) is 2.53. The molecule has 0 aromatic heterocycles. The molecular weight excluding hydrogens is 352 g/mol. The zero-order valence-electron chi connectivity index (χ0n) is 13.2. The van der Waals surface area contributed by atoms with Gasteiger partial charge >= 0.3 is 10.1 Å². The second-order valence-electron chi connectivity index (χ2n) is 5.07. The highest BCUT2D eigenvalue weighted by Gasteiger charge is 2.20. The summed E-state index contributed by atoms with van der Waals surface area (Å²) >= 11 is 0. The van der Waals surface area contributed by atoms with Gasteiger partial charge in [0.1, 0.15) is 5.75 Å². The number of fused-ring (bicyclic) bond motifs is 1. The molecule has 0 spiro atoms. The molecule has 1 aliphatic heterocycles. The predicted octanol–water partition coefficient (Wildman–Crippen LogP) is -0.726. The van der Waals surface area contributed by atoms with E-state index < -0.39 is 27.9 Å². The summed E-state index contributed by atoms with van der Waals surface area (Å²) in [5.74, 6) is -1.49. The standard InChI is InChI=1S/C14H16N4O6S/c1-25(21,22)24-18-14(16)17-13(20)9-5-6-23-11-8(7-9)3-2-4-10(11)12(15)19/h2-4,7H,5-6H2,1H3,(H2,15,19)(H3,16,17,18,20). The SMILES string of the molecule is CS(=O)(=O)ON=C(N)NC(=O)C1=Cc2cccc(C(N)=O)c2OCC1. The molecule has 1 aromatic carbocycles. The molecule has 0 radical (unpaired) electrons. The number of hydrogen-bond acceptors (Lipinski definition) is 7. The number of primary amides is 1. The van der Waals surface area contributed by atoms with Gasteiger partial charge in [-0.15, -0.1) is 0 Å². The third-order valence-electron chi connectivity index (χ3n) is 3.06. The summed E-state index contributed by atoms with van der Waals surface area (Å²) in [6.45, 7) is 0.132. The van der Waals surface area contributed by atoms with Gasteiger partial charge in [-0.25, -0.2) is 0 Å². The number of amides is 2. The molecule has 2 amide bonds. The Kier molecular flexibility index (Phi) is 5.27. The van der Waals surface area contributed by atoms with E-state index in [1.807, 2.05) is 0 Å². The summed E-state index contributed by atoms with van der Waals surface area (Å²) in [4.78, 5) is 23.7. The second-order valence-corrected chi connectivity index (χ2v) is 6.62. The molecule has 0 atom stereocenters. The number of hydrogen-bond donors (Lipinski definition) is 3. The van der Waals surface area contributed by atoms with E-state index in [1.54, 1.807) is 12.1 Å². The maximum Gasteiger partial charge on any atom is 0.325 e. The molecular formula is C14H16N4O6S. The lowest BCUT2D eigenvalue weighted by atomic mass is 10.0. The van der Waals surface area contributed by atoms with E-state index in [1.165, 1.54) is 12.1 Å². The number of benzene rings is 1. The van der Waals surface area contributed by atoms with Crippen molar-refractivity contribution in [2.75, 3.05) is 12.9 Å². The average molecular weight is 368 g/mol. The molecule has 5 N–H and O–H groups in total. The molecule has 0 saturated carbocycles. The third-order valence-corrected chi connectivity index (χ3v) is 3.41. The largest absolute Gasteiger partial charge is 0.492 e. The number of ether oxygens (including phenoxy) is 1. The summed E-state index contributed by atoms with van der Waals surface area (Å²) in [7, 11) is -3.84. The van der Waals surface area contributed by atoms with Gasteiger partial charge in [0.05, 0.1) is 18.4 Å². The zero-order chi connectivity index (χ0) is 18.6. The Balaban J connectivity index is 2.23. The van der Waals surface area contributed by atoms with E-state index in [0.717, 1.165) is 6.26 Å². The Morgan fingerprint density at radius 3 is 2.68 bits per heavy atom. The van der Waals surface area contributed by atoms with Crippen LogP contribution in [0.1, 0.15) is 22.3 Å². The summed E-state index contributed by atoms with van der Waals surface area (Å²) < 4.78 is 31.3. The molecule has 1 heterocycles. The van der Waals surface area contributed by atoms with Crippen molar-refractivity contribution in [3.63, 3.8) is 0 Å². The molecule has 1 aromatic rings. The Hall–Kier alpha value is -3.08.